The second-order valence-electron chi connectivity index (χ2n) is 5.74. The van der Waals surface area contributed by atoms with Crippen molar-refractivity contribution in [1.82, 2.24) is 0 Å². The van der Waals surface area contributed by atoms with Gasteiger partial charge >= 0.3 is 0 Å². The van der Waals surface area contributed by atoms with Crippen LogP contribution in [0.3, 0.4) is 0 Å². The Bertz CT molecular complexity index is 409. The van der Waals surface area contributed by atoms with Crippen molar-refractivity contribution in [2.45, 2.75) is 38.6 Å². The van der Waals surface area contributed by atoms with Crippen molar-refractivity contribution in [3.63, 3.8) is 0 Å². The van der Waals surface area contributed by atoms with E-state index in [-0.39, 0.29) is 12.1 Å². The van der Waals surface area contributed by atoms with Gasteiger partial charge in [-0.2, -0.15) is 0 Å². The van der Waals surface area contributed by atoms with Gasteiger partial charge in [-0.05, 0) is 42.9 Å². The van der Waals surface area contributed by atoms with Crippen LogP contribution in [0.5, 0.6) is 0 Å². The molecule has 1 aliphatic rings. The fourth-order valence-corrected chi connectivity index (χ4v) is 3.42. The molecular weight excluding hydrogens is 290 g/mol. The molecule has 1 aliphatic carbocycles. The van der Waals surface area contributed by atoms with Crippen LogP contribution in [-0.4, -0.2) is 17.3 Å². The number of halogens is 1. The van der Waals surface area contributed by atoms with Crippen molar-refractivity contribution >= 4 is 21.6 Å². The Labute approximate surface area is 118 Å². The van der Waals surface area contributed by atoms with Gasteiger partial charge in [-0.1, -0.05) is 42.3 Å². The van der Waals surface area contributed by atoms with E-state index in [2.05, 4.69) is 47.2 Å². The highest BCUT2D eigenvalue weighted by Crippen LogP contribution is 2.39. The van der Waals surface area contributed by atoms with Crippen molar-refractivity contribution in [3.8, 4) is 0 Å². The second-order valence-corrected chi connectivity index (χ2v) is 6.65. The molecule has 3 heteroatoms. The fourth-order valence-electron chi connectivity index (χ4n) is 3.02. The number of hydrogen-bond donors (Lipinski definition) is 2. The molecule has 0 bridgehead atoms. The van der Waals surface area contributed by atoms with Gasteiger partial charge in [0.2, 0.25) is 0 Å². The molecule has 2 rings (SSSR count). The first-order valence-electron chi connectivity index (χ1n) is 6.70. The van der Waals surface area contributed by atoms with Gasteiger partial charge in [0, 0.05) is 10.2 Å². The molecular formula is C15H22BrNO. The molecule has 1 aromatic rings. The largest absolute Gasteiger partial charge is 0.394 e. The normalized spacial score (nSPS) is 32.2. The van der Waals surface area contributed by atoms with Crippen LogP contribution >= 0.6 is 15.9 Å². The van der Waals surface area contributed by atoms with Crippen molar-refractivity contribution < 1.29 is 5.11 Å². The van der Waals surface area contributed by atoms with Gasteiger partial charge < -0.3 is 10.4 Å². The van der Waals surface area contributed by atoms with Crippen molar-refractivity contribution in [2.75, 3.05) is 11.9 Å². The zero-order chi connectivity index (χ0) is 13.2. The maximum absolute atomic E-state index is 9.89. The Morgan fingerprint density at radius 2 is 2.17 bits per heavy atom. The topological polar surface area (TPSA) is 32.3 Å². The van der Waals surface area contributed by atoms with Gasteiger partial charge in [-0.3, -0.25) is 0 Å². The highest BCUT2D eigenvalue weighted by Gasteiger charge is 2.40. The predicted octanol–water partition coefficient (Wildman–Crippen LogP) is 4.05. The molecule has 0 amide bonds. The van der Waals surface area contributed by atoms with E-state index in [0.717, 1.165) is 16.6 Å². The summed E-state index contributed by atoms with van der Waals surface area (Å²) in [7, 11) is 0. The lowest BCUT2D eigenvalue weighted by molar-refractivity contribution is 0.103. The zero-order valence-corrected chi connectivity index (χ0v) is 12.7. The predicted molar refractivity (Wildman–Crippen MR) is 79.8 cm³/mol. The highest BCUT2D eigenvalue weighted by atomic mass is 79.9. The van der Waals surface area contributed by atoms with Gasteiger partial charge in [0.05, 0.1) is 12.1 Å². The molecule has 3 unspecified atom stereocenters. The summed E-state index contributed by atoms with van der Waals surface area (Å²) in [5, 5.41) is 13.5. The summed E-state index contributed by atoms with van der Waals surface area (Å²) >= 11 is 3.49. The summed E-state index contributed by atoms with van der Waals surface area (Å²) in [5.41, 5.74) is 0.915. The molecule has 0 aromatic heterocycles. The third kappa shape index (κ3) is 2.89. The zero-order valence-electron chi connectivity index (χ0n) is 11.1. The Hall–Kier alpha value is -0.540. The molecule has 0 spiro atoms. The number of anilines is 1. The molecule has 1 saturated carbocycles. The third-order valence-corrected chi connectivity index (χ3v) is 4.74. The van der Waals surface area contributed by atoms with Crippen LogP contribution in [0.2, 0.25) is 0 Å². The monoisotopic (exact) mass is 311 g/mol. The van der Waals surface area contributed by atoms with Gasteiger partial charge in [-0.15, -0.1) is 0 Å². The minimum atomic E-state index is -0.168. The molecule has 0 heterocycles. The Morgan fingerprint density at radius 1 is 1.39 bits per heavy atom. The summed E-state index contributed by atoms with van der Waals surface area (Å²) in [6.45, 7) is 4.72. The number of aliphatic hydroxyl groups is 1. The van der Waals surface area contributed by atoms with E-state index in [1.807, 2.05) is 12.1 Å². The molecule has 0 saturated heterocycles. The number of benzene rings is 1. The van der Waals surface area contributed by atoms with Crippen LogP contribution < -0.4 is 5.32 Å². The third-order valence-electron chi connectivity index (χ3n) is 4.25. The van der Waals surface area contributed by atoms with Crippen molar-refractivity contribution in [3.05, 3.63) is 28.7 Å². The first-order chi connectivity index (χ1) is 8.55. The number of nitrogens with one attached hydrogen (secondary N) is 1. The van der Waals surface area contributed by atoms with Gasteiger partial charge in [0.25, 0.3) is 0 Å². The first kappa shape index (κ1) is 13.9. The summed E-state index contributed by atoms with van der Waals surface area (Å²) in [6, 6.07) is 8.18. The molecule has 0 radical (unpaired) electrons. The summed E-state index contributed by atoms with van der Waals surface area (Å²) in [4.78, 5) is 0. The van der Waals surface area contributed by atoms with E-state index in [0.29, 0.717) is 11.8 Å². The molecule has 1 fully saturated rings. The van der Waals surface area contributed by atoms with E-state index < -0.39 is 0 Å². The highest BCUT2D eigenvalue weighted by molar-refractivity contribution is 9.10. The van der Waals surface area contributed by atoms with Crippen molar-refractivity contribution in [1.29, 1.82) is 0 Å². The molecule has 2 N–H and O–H groups in total. The number of hydrogen-bond acceptors (Lipinski definition) is 2. The summed E-state index contributed by atoms with van der Waals surface area (Å²) in [5.74, 6) is 1.17. The molecule has 2 nitrogen and oxygen atoms in total. The second kappa shape index (κ2) is 5.62. The average Bonchev–Trinajstić information content (AvgIpc) is 2.34. The van der Waals surface area contributed by atoms with Crippen LogP contribution in [0.15, 0.2) is 28.7 Å². The maximum Gasteiger partial charge on any atom is 0.0664 e. The first-order valence-corrected chi connectivity index (χ1v) is 7.49. The average molecular weight is 312 g/mol. The van der Waals surface area contributed by atoms with Crippen LogP contribution in [0.1, 0.15) is 33.1 Å². The van der Waals surface area contributed by atoms with Crippen molar-refractivity contribution in [2.24, 2.45) is 11.8 Å². The van der Waals surface area contributed by atoms with Crippen LogP contribution in [0, 0.1) is 11.8 Å². The smallest absolute Gasteiger partial charge is 0.0664 e. The molecule has 100 valence electrons. The Kier molecular flexibility index (Phi) is 4.33. The SMILES string of the molecule is CC1CCC(C)C(CO)(Nc2cccc(Br)c2)C1. The van der Waals surface area contributed by atoms with E-state index in [1.165, 1.54) is 12.8 Å². The van der Waals surface area contributed by atoms with E-state index in [4.69, 9.17) is 0 Å². The minimum Gasteiger partial charge on any atom is -0.394 e. The van der Waals surface area contributed by atoms with Crippen LogP contribution in [-0.2, 0) is 0 Å². The lowest BCUT2D eigenvalue weighted by Gasteiger charge is -2.45. The van der Waals surface area contributed by atoms with Gasteiger partial charge in [0.1, 0.15) is 0 Å². The van der Waals surface area contributed by atoms with E-state index in [9.17, 15) is 5.11 Å². The number of aliphatic hydroxyl groups excluding tert-OH is 1. The van der Waals surface area contributed by atoms with E-state index >= 15 is 0 Å². The lowest BCUT2D eigenvalue weighted by atomic mass is 9.70. The maximum atomic E-state index is 9.89. The summed E-state index contributed by atoms with van der Waals surface area (Å²) in [6.07, 6.45) is 3.49. The van der Waals surface area contributed by atoms with E-state index in [1.54, 1.807) is 0 Å². The molecule has 18 heavy (non-hydrogen) atoms. The fraction of sp³-hybridized carbons (Fsp3) is 0.600. The summed E-state index contributed by atoms with van der Waals surface area (Å²) < 4.78 is 1.07. The standard InChI is InChI=1S/C15H22BrNO/c1-11-6-7-12(2)15(9-11,10-18)17-14-5-3-4-13(16)8-14/h3-5,8,11-12,17-18H,6-7,9-10H2,1-2H3. The molecule has 0 aliphatic heterocycles. The Morgan fingerprint density at radius 3 is 2.83 bits per heavy atom. The minimum absolute atomic E-state index is 0.168. The van der Waals surface area contributed by atoms with Crippen LogP contribution in [0.4, 0.5) is 5.69 Å². The lowest BCUT2D eigenvalue weighted by Crippen LogP contribution is -2.51. The van der Waals surface area contributed by atoms with Crippen LogP contribution in [0.25, 0.3) is 0 Å². The Balaban J connectivity index is 2.21. The quantitative estimate of drug-likeness (QED) is 0.882. The van der Waals surface area contributed by atoms with Gasteiger partial charge in [-0.25, -0.2) is 0 Å². The number of rotatable bonds is 3. The molecule has 1 aromatic carbocycles. The molecule has 3 atom stereocenters. The van der Waals surface area contributed by atoms with Gasteiger partial charge in [0.15, 0.2) is 0 Å².